The number of nitrogens with one attached hydrogen (secondary N) is 1. The zero-order valence-electron chi connectivity index (χ0n) is 16.2. The number of carbonyl (C=O) groups is 2. The molecule has 3 heterocycles. The number of benzene rings is 2. The van der Waals surface area contributed by atoms with E-state index >= 15 is 0 Å². The number of imide groups is 1. The molecule has 0 spiro atoms. The molecule has 154 valence electrons. The first kappa shape index (κ1) is 18.9. The average molecular weight is 410 g/mol. The Bertz CT molecular complexity index is 1150. The maximum atomic E-state index is 13.4. The summed E-state index contributed by atoms with van der Waals surface area (Å²) in [6.45, 7) is 2.51. The highest BCUT2D eigenvalue weighted by molar-refractivity contribution is 6.21. The third kappa shape index (κ3) is 3.17. The van der Waals surface area contributed by atoms with Crippen LogP contribution in [0, 0.1) is 11.6 Å². The second-order valence-electron chi connectivity index (χ2n) is 7.87. The van der Waals surface area contributed by atoms with Gasteiger partial charge in [0.05, 0.1) is 16.6 Å². The van der Waals surface area contributed by atoms with Crippen LogP contribution in [0.1, 0.15) is 45.2 Å². The van der Waals surface area contributed by atoms with Crippen molar-refractivity contribution in [1.29, 1.82) is 0 Å². The molecule has 0 atom stereocenters. The van der Waals surface area contributed by atoms with Crippen LogP contribution in [0.25, 0.3) is 10.9 Å². The normalized spacial score (nSPS) is 17.9. The summed E-state index contributed by atoms with van der Waals surface area (Å²) in [5, 5.41) is 8.24. The van der Waals surface area contributed by atoms with Crippen LogP contribution in [0.15, 0.2) is 36.4 Å². The number of hydrogen-bond acceptors (Lipinski definition) is 4. The summed E-state index contributed by atoms with van der Waals surface area (Å²) in [5.41, 5.74) is 2.07. The van der Waals surface area contributed by atoms with Crippen LogP contribution in [0.5, 0.6) is 0 Å². The number of hydrogen-bond donors (Lipinski definition) is 1. The molecule has 3 aromatic rings. The van der Waals surface area contributed by atoms with Crippen molar-refractivity contribution in [3.63, 3.8) is 0 Å². The molecule has 30 heavy (non-hydrogen) atoms. The summed E-state index contributed by atoms with van der Waals surface area (Å²) >= 11 is 0. The lowest BCUT2D eigenvalue weighted by atomic mass is 9.91. The van der Waals surface area contributed by atoms with Crippen LogP contribution >= 0.6 is 0 Å². The van der Waals surface area contributed by atoms with E-state index in [1.54, 1.807) is 6.07 Å². The Balaban J connectivity index is 1.20. The molecule has 1 fully saturated rings. The van der Waals surface area contributed by atoms with Gasteiger partial charge >= 0.3 is 0 Å². The zero-order valence-corrected chi connectivity index (χ0v) is 16.2. The van der Waals surface area contributed by atoms with Crippen LogP contribution in [0.4, 0.5) is 8.78 Å². The Morgan fingerprint density at radius 1 is 0.933 bits per heavy atom. The number of aromatic nitrogens is 2. The van der Waals surface area contributed by atoms with Crippen LogP contribution in [-0.2, 0) is 0 Å². The largest absolute Gasteiger partial charge is 0.302 e. The topological polar surface area (TPSA) is 69.3 Å². The first-order chi connectivity index (χ1) is 14.5. The monoisotopic (exact) mass is 410 g/mol. The summed E-state index contributed by atoms with van der Waals surface area (Å²) in [4.78, 5) is 28.4. The number of piperidine rings is 1. The fourth-order valence-electron chi connectivity index (χ4n) is 4.47. The molecule has 0 radical (unpaired) electrons. The molecule has 1 saturated heterocycles. The molecular formula is C22H20F2N4O2. The van der Waals surface area contributed by atoms with Gasteiger partial charge in [-0.1, -0.05) is 0 Å². The molecule has 1 N–H and O–H groups in total. The third-order valence-electron chi connectivity index (χ3n) is 6.12. The van der Waals surface area contributed by atoms with Gasteiger partial charge in [-0.05, 0) is 56.3 Å². The highest BCUT2D eigenvalue weighted by atomic mass is 19.1. The number of halogens is 2. The summed E-state index contributed by atoms with van der Waals surface area (Å²) in [6, 6.07) is 8.34. The van der Waals surface area contributed by atoms with E-state index in [-0.39, 0.29) is 29.4 Å². The molecule has 2 aliphatic rings. The molecule has 1 aromatic heterocycles. The Labute approximate surface area is 171 Å². The predicted octanol–water partition coefficient (Wildman–Crippen LogP) is 3.32. The highest BCUT2D eigenvalue weighted by Crippen LogP contribution is 2.32. The SMILES string of the molecule is O=C1c2ccc(F)cc2C(=O)N1CCN1CCC(c2[nH]nc3cc(F)ccc23)CC1. The van der Waals surface area contributed by atoms with Gasteiger partial charge < -0.3 is 4.90 Å². The van der Waals surface area contributed by atoms with E-state index in [2.05, 4.69) is 15.1 Å². The van der Waals surface area contributed by atoms with E-state index in [1.165, 1.54) is 29.2 Å². The maximum Gasteiger partial charge on any atom is 0.261 e. The van der Waals surface area contributed by atoms with E-state index in [0.29, 0.717) is 18.0 Å². The van der Waals surface area contributed by atoms with Gasteiger partial charge in [0.15, 0.2) is 0 Å². The Kier molecular flexibility index (Phi) is 4.58. The molecule has 2 amide bonds. The van der Waals surface area contributed by atoms with Crippen LogP contribution < -0.4 is 0 Å². The number of amides is 2. The average Bonchev–Trinajstić information content (AvgIpc) is 3.26. The Morgan fingerprint density at radius 3 is 2.43 bits per heavy atom. The number of fused-ring (bicyclic) bond motifs is 2. The van der Waals surface area contributed by atoms with Crippen molar-refractivity contribution in [3.05, 3.63) is 64.9 Å². The number of carbonyl (C=O) groups excluding carboxylic acids is 2. The van der Waals surface area contributed by atoms with Gasteiger partial charge in [-0.15, -0.1) is 0 Å². The summed E-state index contributed by atoms with van der Waals surface area (Å²) in [7, 11) is 0. The quantitative estimate of drug-likeness (QED) is 0.670. The molecule has 0 unspecified atom stereocenters. The van der Waals surface area contributed by atoms with Crippen molar-refractivity contribution in [2.75, 3.05) is 26.2 Å². The number of likely N-dealkylation sites (tertiary alicyclic amines) is 1. The van der Waals surface area contributed by atoms with Crippen molar-refractivity contribution >= 4 is 22.7 Å². The van der Waals surface area contributed by atoms with Gasteiger partial charge in [0.2, 0.25) is 0 Å². The van der Waals surface area contributed by atoms with Gasteiger partial charge in [0.1, 0.15) is 11.6 Å². The molecule has 0 bridgehead atoms. The second-order valence-corrected chi connectivity index (χ2v) is 7.87. The molecule has 5 rings (SSSR count). The molecule has 2 aromatic carbocycles. The van der Waals surface area contributed by atoms with Crippen LogP contribution in [0.2, 0.25) is 0 Å². The minimum Gasteiger partial charge on any atom is -0.302 e. The number of aromatic amines is 1. The first-order valence-electron chi connectivity index (χ1n) is 10.0. The van der Waals surface area contributed by atoms with Gasteiger partial charge in [0.25, 0.3) is 11.8 Å². The van der Waals surface area contributed by atoms with E-state index in [4.69, 9.17) is 0 Å². The Morgan fingerprint density at radius 2 is 1.63 bits per heavy atom. The minimum absolute atomic E-state index is 0.140. The number of nitrogens with zero attached hydrogens (tertiary/aromatic N) is 3. The zero-order chi connectivity index (χ0) is 20.8. The molecule has 6 nitrogen and oxygen atoms in total. The lowest BCUT2D eigenvalue weighted by molar-refractivity contribution is 0.0629. The smallest absolute Gasteiger partial charge is 0.261 e. The van der Waals surface area contributed by atoms with Crippen molar-refractivity contribution in [2.45, 2.75) is 18.8 Å². The van der Waals surface area contributed by atoms with Crippen molar-refractivity contribution < 1.29 is 18.4 Å². The number of rotatable bonds is 4. The predicted molar refractivity (Wildman–Crippen MR) is 106 cm³/mol. The lowest BCUT2D eigenvalue weighted by Crippen LogP contribution is -2.41. The molecule has 0 aliphatic carbocycles. The van der Waals surface area contributed by atoms with E-state index < -0.39 is 11.7 Å². The van der Waals surface area contributed by atoms with Gasteiger partial charge in [-0.2, -0.15) is 5.10 Å². The van der Waals surface area contributed by atoms with Crippen LogP contribution in [0.3, 0.4) is 0 Å². The standard InChI is InChI=1S/C22H20F2N4O2/c23-14-1-3-16-18(11-14)22(30)28(21(16)29)10-9-27-7-5-13(6-8-27)20-17-4-2-15(24)12-19(17)25-26-20/h1-4,11-13H,5-10H2,(H,25,26). The highest BCUT2D eigenvalue weighted by Gasteiger charge is 2.36. The fourth-order valence-corrected chi connectivity index (χ4v) is 4.47. The van der Waals surface area contributed by atoms with Crippen molar-refractivity contribution in [2.24, 2.45) is 0 Å². The second kappa shape index (κ2) is 7.28. The van der Waals surface area contributed by atoms with Crippen molar-refractivity contribution in [3.8, 4) is 0 Å². The van der Waals surface area contributed by atoms with E-state index in [0.717, 1.165) is 43.1 Å². The summed E-state index contributed by atoms with van der Waals surface area (Å²) in [6.07, 6.45) is 1.81. The minimum atomic E-state index is -0.520. The van der Waals surface area contributed by atoms with Crippen molar-refractivity contribution in [1.82, 2.24) is 20.0 Å². The van der Waals surface area contributed by atoms with Crippen LogP contribution in [-0.4, -0.2) is 58.0 Å². The molecule has 2 aliphatic heterocycles. The number of H-pyrrole nitrogens is 1. The summed E-state index contributed by atoms with van der Waals surface area (Å²) < 4.78 is 26.8. The Hall–Kier alpha value is -3.13. The van der Waals surface area contributed by atoms with Gasteiger partial charge in [0, 0.05) is 36.2 Å². The van der Waals surface area contributed by atoms with E-state index in [9.17, 15) is 18.4 Å². The summed E-state index contributed by atoms with van der Waals surface area (Å²) in [5.74, 6) is -1.31. The molecule has 8 heteroatoms. The molecule has 0 saturated carbocycles. The van der Waals surface area contributed by atoms with Gasteiger partial charge in [-0.3, -0.25) is 19.6 Å². The molecular weight excluding hydrogens is 390 g/mol. The van der Waals surface area contributed by atoms with E-state index in [1.807, 2.05) is 0 Å². The fraction of sp³-hybridized carbons (Fsp3) is 0.318. The lowest BCUT2D eigenvalue weighted by Gasteiger charge is -2.32. The third-order valence-corrected chi connectivity index (χ3v) is 6.12. The first-order valence-corrected chi connectivity index (χ1v) is 10.0. The maximum absolute atomic E-state index is 13.4. The van der Waals surface area contributed by atoms with Gasteiger partial charge in [-0.25, -0.2) is 8.78 Å².